The second kappa shape index (κ2) is 6.08. The van der Waals surface area contributed by atoms with Gasteiger partial charge in [-0.2, -0.15) is 4.39 Å². The molecule has 0 spiro atoms. The van der Waals surface area contributed by atoms with Crippen LogP contribution in [0.2, 0.25) is 0 Å². The van der Waals surface area contributed by atoms with Crippen molar-refractivity contribution in [2.75, 3.05) is 13.3 Å². The van der Waals surface area contributed by atoms with Gasteiger partial charge >= 0.3 is 0 Å². The Labute approximate surface area is 109 Å². The van der Waals surface area contributed by atoms with Crippen LogP contribution in [0.3, 0.4) is 0 Å². The Morgan fingerprint density at radius 2 is 1.84 bits per heavy atom. The average molecular weight is 272 g/mol. The lowest BCUT2D eigenvalue weighted by Crippen LogP contribution is -2.14. The molecule has 0 N–H and O–H groups in total. The fourth-order valence-corrected chi connectivity index (χ4v) is 2.37. The number of benzene rings is 1. The Morgan fingerprint density at radius 1 is 1.16 bits per heavy atom. The molecule has 0 radical (unpaired) electrons. The highest BCUT2D eigenvalue weighted by Crippen LogP contribution is 2.35. The Morgan fingerprint density at radius 3 is 2.47 bits per heavy atom. The van der Waals surface area contributed by atoms with Gasteiger partial charge in [-0.1, -0.05) is 6.07 Å². The molecule has 1 saturated carbocycles. The first-order chi connectivity index (χ1) is 9.13. The summed E-state index contributed by atoms with van der Waals surface area (Å²) in [6.45, 7) is -1.05. The maximum Gasteiger partial charge on any atom is 0.200 e. The molecule has 1 aromatic carbocycles. The van der Waals surface area contributed by atoms with Crippen molar-refractivity contribution in [2.24, 2.45) is 0 Å². The SMILES string of the molecule is O=C1CCC(c2ccc(OCCF)c(F)c2F)CC1. The molecule has 0 amide bonds. The fourth-order valence-electron chi connectivity index (χ4n) is 2.37. The summed E-state index contributed by atoms with van der Waals surface area (Å²) in [6.07, 6.45) is 1.90. The molecule has 0 heterocycles. The van der Waals surface area contributed by atoms with Crippen molar-refractivity contribution >= 4 is 5.78 Å². The van der Waals surface area contributed by atoms with Crippen LogP contribution in [0.25, 0.3) is 0 Å². The number of hydrogen-bond donors (Lipinski definition) is 0. The molecule has 0 aromatic heterocycles. The number of ether oxygens (including phenoxy) is 1. The molecular formula is C14H15F3O2. The number of hydrogen-bond acceptors (Lipinski definition) is 2. The van der Waals surface area contributed by atoms with E-state index in [4.69, 9.17) is 4.74 Å². The molecule has 0 unspecified atom stereocenters. The Kier molecular flexibility index (Phi) is 4.45. The van der Waals surface area contributed by atoms with Crippen LogP contribution in [-0.2, 0) is 4.79 Å². The summed E-state index contributed by atoms with van der Waals surface area (Å²) in [4.78, 5) is 11.1. The molecule has 0 saturated heterocycles. The third kappa shape index (κ3) is 3.08. The van der Waals surface area contributed by atoms with Crippen LogP contribution in [0.4, 0.5) is 13.2 Å². The topological polar surface area (TPSA) is 26.3 Å². The first-order valence-electron chi connectivity index (χ1n) is 6.32. The van der Waals surface area contributed by atoms with Crippen LogP contribution >= 0.6 is 0 Å². The highest BCUT2D eigenvalue weighted by atomic mass is 19.2. The predicted octanol–water partition coefficient (Wildman–Crippen LogP) is 3.54. The van der Waals surface area contributed by atoms with E-state index in [1.54, 1.807) is 0 Å². The van der Waals surface area contributed by atoms with Gasteiger partial charge in [-0.3, -0.25) is 4.79 Å². The zero-order valence-electron chi connectivity index (χ0n) is 10.4. The van der Waals surface area contributed by atoms with E-state index in [1.165, 1.54) is 12.1 Å². The molecule has 2 rings (SSSR count). The largest absolute Gasteiger partial charge is 0.488 e. The molecule has 0 bridgehead atoms. The van der Waals surface area contributed by atoms with Crippen LogP contribution in [-0.4, -0.2) is 19.1 Å². The summed E-state index contributed by atoms with van der Waals surface area (Å²) < 4.78 is 44.4. The molecule has 1 aromatic rings. The van der Waals surface area contributed by atoms with Gasteiger partial charge in [0.1, 0.15) is 19.1 Å². The molecular weight excluding hydrogens is 257 g/mol. The quantitative estimate of drug-likeness (QED) is 0.838. The molecule has 1 aliphatic rings. The highest BCUT2D eigenvalue weighted by molar-refractivity contribution is 5.79. The Balaban J connectivity index is 2.18. The van der Waals surface area contributed by atoms with E-state index >= 15 is 0 Å². The van der Waals surface area contributed by atoms with Gasteiger partial charge in [-0.25, -0.2) is 8.78 Å². The summed E-state index contributed by atoms with van der Waals surface area (Å²) >= 11 is 0. The number of Topliss-reactive ketones (excluding diaryl/α,β-unsaturated/α-hetero) is 1. The monoisotopic (exact) mass is 272 g/mol. The van der Waals surface area contributed by atoms with Gasteiger partial charge in [-0.05, 0) is 30.4 Å². The minimum atomic E-state index is -1.08. The van der Waals surface area contributed by atoms with Gasteiger partial charge in [0.2, 0.25) is 5.82 Å². The van der Waals surface area contributed by atoms with Gasteiger partial charge in [0.15, 0.2) is 11.6 Å². The average Bonchev–Trinajstić information content (AvgIpc) is 2.42. The molecule has 5 heteroatoms. The van der Waals surface area contributed by atoms with Crippen LogP contribution in [0.5, 0.6) is 5.75 Å². The van der Waals surface area contributed by atoms with Crippen molar-refractivity contribution in [2.45, 2.75) is 31.6 Å². The number of carbonyl (C=O) groups is 1. The molecule has 104 valence electrons. The number of alkyl halides is 1. The molecule has 19 heavy (non-hydrogen) atoms. The van der Waals surface area contributed by atoms with Crippen molar-refractivity contribution in [3.63, 3.8) is 0 Å². The minimum Gasteiger partial charge on any atom is -0.488 e. The third-order valence-corrected chi connectivity index (χ3v) is 3.39. The Bertz CT molecular complexity index is 464. The Hall–Kier alpha value is -1.52. The van der Waals surface area contributed by atoms with Gasteiger partial charge in [-0.15, -0.1) is 0 Å². The zero-order chi connectivity index (χ0) is 13.8. The van der Waals surface area contributed by atoms with Gasteiger partial charge in [0, 0.05) is 12.8 Å². The van der Waals surface area contributed by atoms with Gasteiger partial charge in [0.25, 0.3) is 0 Å². The standard InChI is InChI=1S/C14H15F3O2/c15-7-8-19-12-6-5-11(13(16)14(12)17)9-1-3-10(18)4-2-9/h5-6,9H,1-4,7-8H2. The fraction of sp³-hybridized carbons (Fsp3) is 0.500. The molecule has 1 fully saturated rings. The zero-order valence-corrected chi connectivity index (χ0v) is 10.4. The van der Waals surface area contributed by atoms with Gasteiger partial charge in [0.05, 0.1) is 0 Å². The number of rotatable bonds is 4. The second-order valence-corrected chi connectivity index (χ2v) is 4.63. The summed E-state index contributed by atoms with van der Waals surface area (Å²) in [5.74, 6) is -2.27. The van der Waals surface area contributed by atoms with Crippen LogP contribution in [0, 0.1) is 11.6 Å². The maximum atomic E-state index is 13.9. The lowest BCUT2D eigenvalue weighted by atomic mass is 9.83. The van der Waals surface area contributed by atoms with Crippen molar-refractivity contribution < 1.29 is 22.7 Å². The normalized spacial score (nSPS) is 16.7. The van der Waals surface area contributed by atoms with Crippen molar-refractivity contribution in [3.05, 3.63) is 29.3 Å². The van der Waals surface area contributed by atoms with E-state index in [1.807, 2.05) is 0 Å². The third-order valence-electron chi connectivity index (χ3n) is 3.39. The number of ketones is 1. The minimum absolute atomic E-state index is 0.137. The van der Waals surface area contributed by atoms with E-state index in [9.17, 15) is 18.0 Å². The smallest absolute Gasteiger partial charge is 0.200 e. The van der Waals surface area contributed by atoms with Crippen molar-refractivity contribution in [1.82, 2.24) is 0 Å². The van der Waals surface area contributed by atoms with Crippen molar-refractivity contribution in [1.29, 1.82) is 0 Å². The van der Waals surface area contributed by atoms with E-state index in [0.29, 0.717) is 25.7 Å². The molecule has 0 atom stereocenters. The van der Waals surface area contributed by atoms with E-state index in [0.717, 1.165) is 0 Å². The predicted molar refractivity (Wildman–Crippen MR) is 64.0 cm³/mol. The molecule has 0 aliphatic heterocycles. The number of halogens is 3. The first kappa shape index (κ1) is 13.9. The van der Waals surface area contributed by atoms with Crippen molar-refractivity contribution in [3.8, 4) is 5.75 Å². The van der Waals surface area contributed by atoms with Crippen LogP contribution in [0.15, 0.2) is 12.1 Å². The lowest BCUT2D eigenvalue weighted by Gasteiger charge is -2.22. The maximum absolute atomic E-state index is 13.9. The molecule has 2 nitrogen and oxygen atoms in total. The first-order valence-corrected chi connectivity index (χ1v) is 6.32. The highest BCUT2D eigenvalue weighted by Gasteiger charge is 2.25. The van der Waals surface area contributed by atoms with E-state index in [-0.39, 0.29) is 29.6 Å². The second-order valence-electron chi connectivity index (χ2n) is 4.63. The van der Waals surface area contributed by atoms with E-state index in [2.05, 4.69) is 0 Å². The summed E-state index contributed by atoms with van der Waals surface area (Å²) in [7, 11) is 0. The van der Waals surface area contributed by atoms with Crippen LogP contribution in [0.1, 0.15) is 37.2 Å². The number of carbonyl (C=O) groups excluding carboxylic acids is 1. The lowest BCUT2D eigenvalue weighted by molar-refractivity contribution is -0.120. The van der Waals surface area contributed by atoms with E-state index < -0.39 is 18.3 Å². The summed E-state index contributed by atoms with van der Waals surface area (Å²) in [5.41, 5.74) is 0.276. The van der Waals surface area contributed by atoms with Gasteiger partial charge < -0.3 is 4.74 Å². The molecule has 1 aliphatic carbocycles. The summed E-state index contributed by atoms with van der Waals surface area (Å²) in [6, 6.07) is 2.78. The summed E-state index contributed by atoms with van der Waals surface area (Å²) in [5, 5.41) is 0. The van der Waals surface area contributed by atoms with Crippen LogP contribution < -0.4 is 4.74 Å².